The summed E-state index contributed by atoms with van der Waals surface area (Å²) in [4.78, 5) is 45.9. The highest BCUT2D eigenvalue weighted by Gasteiger charge is 2.26. The lowest BCUT2D eigenvalue weighted by atomic mass is 9.90. The van der Waals surface area contributed by atoms with Crippen molar-refractivity contribution in [2.24, 2.45) is 0 Å². The van der Waals surface area contributed by atoms with Gasteiger partial charge in [-0.2, -0.15) is 0 Å². The summed E-state index contributed by atoms with van der Waals surface area (Å²) in [5.41, 5.74) is 4.96. The molecule has 3 heterocycles. The minimum atomic E-state index is -1.15. The van der Waals surface area contributed by atoms with Gasteiger partial charge < -0.3 is 48.5 Å². The van der Waals surface area contributed by atoms with E-state index < -0.39 is 5.97 Å². The van der Waals surface area contributed by atoms with Crippen LogP contribution in [0.15, 0.2) is 65.1 Å². The molecular weight excluding hydrogens is 716 g/mol. The van der Waals surface area contributed by atoms with Gasteiger partial charge in [0, 0.05) is 92.1 Å². The first kappa shape index (κ1) is 40.8. The Morgan fingerprint density at radius 1 is 0.804 bits per heavy atom. The molecule has 1 N–H and O–H groups in total. The molecule has 0 atom stereocenters. The summed E-state index contributed by atoms with van der Waals surface area (Å²) < 4.78 is 25.2. The molecule has 0 saturated carbocycles. The second kappa shape index (κ2) is 19.8. The summed E-state index contributed by atoms with van der Waals surface area (Å²) in [5, 5.41) is 15.2. The van der Waals surface area contributed by atoms with Crippen LogP contribution >= 0.6 is 0 Å². The van der Waals surface area contributed by atoms with Gasteiger partial charge in [0.2, 0.25) is 11.3 Å². The first-order chi connectivity index (χ1) is 27.2. The van der Waals surface area contributed by atoms with Crippen LogP contribution in [0, 0.1) is 0 Å². The van der Waals surface area contributed by atoms with Crippen molar-refractivity contribution in [3.8, 4) is 22.5 Å². The highest BCUT2D eigenvalue weighted by atomic mass is 16.5. The number of anilines is 1. The van der Waals surface area contributed by atoms with E-state index >= 15 is 0 Å². The normalized spacial score (nSPS) is 15.4. The molecule has 0 unspecified atom stereocenters. The van der Waals surface area contributed by atoms with Crippen LogP contribution in [0.1, 0.15) is 16.8 Å². The number of benzene rings is 3. The number of rotatable bonds is 17. The largest absolute Gasteiger partial charge is 0.550 e. The monoisotopic (exact) mass is 770 g/mol. The molecule has 6 rings (SSSR count). The number of hydrogen-bond donors (Lipinski definition) is 1. The van der Waals surface area contributed by atoms with Gasteiger partial charge in [-0.3, -0.25) is 14.5 Å². The Morgan fingerprint density at radius 3 is 2.21 bits per heavy atom. The first-order valence-corrected chi connectivity index (χ1v) is 19.4. The summed E-state index contributed by atoms with van der Waals surface area (Å²) in [6.07, 6.45) is -0.150. The molecule has 4 aliphatic rings. The van der Waals surface area contributed by atoms with Gasteiger partial charge >= 0.3 is 0 Å². The van der Waals surface area contributed by atoms with Crippen molar-refractivity contribution in [2.75, 3.05) is 131 Å². The summed E-state index contributed by atoms with van der Waals surface area (Å²) in [7, 11) is 5.93. The number of likely N-dealkylation sites (N-methyl/N-ethyl adjacent to an activating group) is 3. The second-order valence-electron chi connectivity index (χ2n) is 14.4. The minimum Gasteiger partial charge on any atom is -0.550 e. The standard InChI is InChI=1S/C42H54N6O8/c1-44-14-18-47(19-15-44)31-8-10-35-37(28-31)56-38-29-32(48-20-16-45(2)17-21-48)9-11-36(38)41(35)33-6-4-5-7-34(33)42(52)46(3)30-39(49)43-13-23-54-25-27-55-26-24-53-22-12-40(50)51/h4-11,28-29H,12-27,30H2,1-3H3,(H-,43,49,50,51). The number of carboxylic acids is 1. The summed E-state index contributed by atoms with van der Waals surface area (Å²) >= 11 is 0. The zero-order valence-corrected chi connectivity index (χ0v) is 32.8. The fraction of sp³-hybridized carbons (Fsp3) is 0.476. The van der Waals surface area contributed by atoms with Crippen LogP contribution in [-0.2, 0) is 23.8 Å². The average Bonchev–Trinajstić information content (AvgIpc) is 3.20. The minimum absolute atomic E-state index is 0.0871. The molecule has 1 aliphatic carbocycles. The van der Waals surface area contributed by atoms with Gasteiger partial charge in [-0.25, -0.2) is 4.58 Å². The third kappa shape index (κ3) is 10.7. The molecule has 2 saturated heterocycles. The molecule has 2 amide bonds. The number of nitrogens with one attached hydrogen (secondary N) is 1. The molecule has 0 radical (unpaired) electrons. The molecule has 2 aromatic rings. The van der Waals surface area contributed by atoms with Crippen molar-refractivity contribution < 1.29 is 38.1 Å². The van der Waals surface area contributed by atoms with Gasteiger partial charge in [0.25, 0.3) is 5.91 Å². The zero-order valence-electron chi connectivity index (χ0n) is 32.8. The Balaban J connectivity index is 1.16. The Bertz CT molecular complexity index is 2000. The number of nitrogens with zero attached hydrogens (tertiary/aromatic N) is 5. The molecule has 3 aliphatic heterocycles. The van der Waals surface area contributed by atoms with Gasteiger partial charge in [0.1, 0.15) is 11.3 Å². The molecule has 56 heavy (non-hydrogen) atoms. The van der Waals surface area contributed by atoms with E-state index in [0.717, 1.165) is 96.8 Å². The van der Waals surface area contributed by atoms with E-state index in [1.54, 1.807) is 7.05 Å². The van der Waals surface area contributed by atoms with Crippen molar-refractivity contribution in [1.29, 1.82) is 0 Å². The molecule has 14 nitrogen and oxygen atoms in total. The van der Waals surface area contributed by atoms with Crippen molar-refractivity contribution >= 4 is 34.4 Å². The number of carbonyl (C=O) groups excluding carboxylic acids is 3. The summed E-state index contributed by atoms with van der Waals surface area (Å²) in [5.74, 6) is -0.960. The predicted octanol–water partition coefficient (Wildman–Crippen LogP) is 1.05. The third-order valence-electron chi connectivity index (χ3n) is 10.3. The van der Waals surface area contributed by atoms with Crippen molar-refractivity contribution in [1.82, 2.24) is 24.6 Å². The number of fused-ring (bicyclic) bond motifs is 2. The number of amides is 2. The average molecular weight is 771 g/mol. The number of ether oxygens (including phenoxy) is 3. The number of carboxylic acid groups (broad SMARTS) is 1. The summed E-state index contributed by atoms with van der Waals surface area (Å²) in [6.45, 7) is 9.50. The van der Waals surface area contributed by atoms with Crippen LogP contribution in [0.5, 0.6) is 0 Å². The lowest BCUT2D eigenvalue weighted by molar-refractivity contribution is -0.306. The fourth-order valence-electron chi connectivity index (χ4n) is 7.08. The predicted molar refractivity (Wildman–Crippen MR) is 213 cm³/mol. The van der Waals surface area contributed by atoms with E-state index in [4.69, 9.17) is 18.6 Å². The highest BCUT2D eigenvalue weighted by Crippen LogP contribution is 2.42. The molecule has 0 bridgehead atoms. The van der Waals surface area contributed by atoms with Gasteiger partial charge in [0.15, 0.2) is 13.1 Å². The quantitative estimate of drug-likeness (QED) is 0.0936. The molecule has 300 valence electrons. The lowest BCUT2D eigenvalue weighted by Gasteiger charge is -2.34. The molecule has 0 aromatic heterocycles. The van der Waals surface area contributed by atoms with Crippen molar-refractivity contribution in [3.05, 3.63) is 71.6 Å². The van der Waals surface area contributed by atoms with Gasteiger partial charge in [-0.15, -0.1) is 0 Å². The van der Waals surface area contributed by atoms with E-state index in [2.05, 4.69) is 75.1 Å². The van der Waals surface area contributed by atoms with Gasteiger partial charge in [0.05, 0.1) is 65.3 Å². The van der Waals surface area contributed by atoms with Crippen LogP contribution in [-0.4, -0.2) is 159 Å². The molecular formula is C42H54N6O8. The van der Waals surface area contributed by atoms with Crippen LogP contribution in [0.2, 0.25) is 0 Å². The van der Waals surface area contributed by atoms with E-state index in [9.17, 15) is 19.5 Å². The Hall–Kier alpha value is -4.86. The molecule has 0 spiro atoms. The molecule has 2 fully saturated rings. The topological polar surface area (TPSA) is 143 Å². The number of piperazine rings is 2. The number of hydrogen-bond acceptors (Lipinski definition) is 11. The van der Waals surface area contributed by atoms with Gasteiger partial charge in [-0.1, -0.05) is 18.2 Å². The number of carbonyl (C=O) groups is 3. The first-order valence-electron chi connectivity index (χ1n) is 19.4. The summed E-state index contributed by atoms with van der Waals surface area (Å²) in [6, 6.07) is 20.4. The maximum absolute atomic E-state index is 14.1. The van der Waals surface area contributed by atoms with Crippen LogP contribution < -0.4 is 25.3 Å². The van der Waals surface area contributed by atoms with E-state index in [0.29, 0.717) is 25.4 Å². The van der Waals surface area contributed by atoms with E-state index in [1.807, 2.05) is 24.3 Å². The Kier molecular flexibility index (Phi) is 14.4. The van der Waals surface area contributed by atoms with Crippen molar-refractivity contribution in [3.63, 3.8) is 0 Å². The van der Waals surface area contributed by atoms with E-state index in [-0.39, 0.29) is 51.1 Å². The molecule has 2 aromatic carbocycles. The maximum Gasteiger partial charge on any atom is 0.254 e. The highest BCUT2D eigenvalue weighted by molar-refractivity contribution is 6.09. The van der Waals surface area contributed by atoms with Gasteiger partial charge in [-0.05, 0) is 43.9 Å². The van der Waals surface area contributed by atoms with Crippen LogP contribution in [0.4, 0.5) is 5.69 Å². The zero-order chi connectivity index (χ0) is 39.4. The fourth-order valence-corrected chi connectivity index (χ4v) is 7.08. The third-order valence-corrected chi connectivity index (χ3v) is 10.3. The Morgan fingerprint density at radius 2 is 1.48 bits per heavy atom. The van der Waals surface area contributed by atoms with Crippen LogP contribution in [0.25, 0.3) is 33.4 Å². The van der Waals surface area contributed by atoms with Crippen LogP contribution in [0.3, 0.4) is 0 Å². The SMILES string of the molecule is CN1CCN(c2ccc3c(-c4ccccc4C(=O)N(C)CC(=O)NCCOCCOCCOCCC(=O)[O-])c4ccc(=[N+]5CCN(C)CC5)cc-4oc3c2)CC1. The molecule has 14 heteroatoms. The Labute approximate surface area is 328 Å². The smallest absolute Gasteiger partial charge is 0.254 e. The number of aliphatic carboxylic acids is 1. The second-order valence-corrected chi connectivity index (χ2v) is 14.4. The van der Waals surface area contributed by atoms with E-state index in [1.165, 1.54) is 4.90 Å². The maximum atomic E-state index is 14.1. The van der Waals surface area contributed by atoms with Crippen molar-refractivity contribution in [2.45, 2.75) is 6.42 Å². The lowest BCUT2D eigenvalue weighted by Crippen LogP contribution is -2.46.